The van der Waals surface area contributed by atoms with Gasteiger partial charge in [-0.15, -0.1) is 0 Å². The molecule has 0 spiro atoms. The maximum absolute atomic E-state index is 11.6. The summed E-state index contributed by atoms with van der Waals surface area (Å²) in [5, 5.41) is 13.7. The largest absolute Gasteiger partial charge is 0.487 e. The average Bonchev–Trinajstić information content (AvgIpc) is 2.44. The topological polar surface area (TPSA) is 104 Å². The monoisotopic (exact) mass is 337 g/mol. The number of nitrogens with zero attached hydrogens (tertiary/aromatic N) is 2. The molecule has 0 fully saturated rings. The van der Waals surface area contributed by atoms with Crippen molar-refractivity contribution in [2.75, 3.05) is 6.61 Å². The number of carbonyl (C=O) groups is 1. The van der Waals surface area contributed by atoms with Gasteiger partial charge in [-0.1, -0.05) is 6.58 Å². The fourth-order valence-electron chi connectivity index (χ4n) is 1.74. The van der Waals surface area contributed by atoms with E-state index < -0.39 is 16.6 Å². The first-order valence-electron chi connectivity index (χ1n) is 7.51. The van der Waals surface area contributed by atoms with Gasteiger partial charge in [-0.2, -0.15) is 0 Å². The summed E-state index contributed by atoms with van der Waals surface area (Å²) in [5.74, 6) is 0.120. The molecule has 1 rings (SSSR count). The average molecular weight is 337 g/mol. The van der Waals surface area contributed by atoms with Crippen LogP contribution >= 0.6 is 0 Å². The van der Waals surface area contributed by atoms with Gasteiger partial charge in [-0.3, -0.25) is 10.1 Å². The molecule has 132 valence electrons. The Morgan fingerprint density at radius 1 is 1.54 bits per heavy atom. The zero-order valence-electron chi connectivity index (χ0n) is 14.4. The number of nitrogens with one attached hydrogen (secondary N) is 1. The zero-order valence-corrected chi connectivity index (χ0v) is 14.4. The van der Waals surface area contributed by atoms with Crippen LogP contribution in [0, 0.1) is 10.1 Å². The van der Waals surface area contributed by atoms with Gasteiger partial charge < -0.3 is 14.8 Å². The Morgan fingerprint density at radius 3 is 2.75 bits per heavy atom. The van der Waals surface area contributed by atoms with Crippen molar-refractivity contribution in [1.82, 2.24) is 10.3 Å². The van der Waals surface area contributed by atoms with E-state index in [1.807, 2.05) is 0 Å². The molecule has 8 heteroatoms. The normalized spacial score (nSPS) is 12.2. The van der Waals surface area contributed by atoms with E-state index in [0.717, 1.165) is 6.20 Å². The van der Waals surface area contributed by atoms with Gasteiger partial charge in [0, 0.05) is 18.5 Å². The van der Waals surface area contributed by atoms with Crippen LogP contribution in [0.5, 0.6) is 5.75 Å². The smallest absolute Gasteiger partial charge is 0.407 e. The molecule has 0 radical (unpaired) electrons. The molecule has 1 amide bonds. The van der Waals surface area contributed by atoms with Crippen molar-refractivity contribution >= 4 is 17.9 Å². The van der Waals surface area contributed by atoms with E-state index in [1.165, 1.54) is 12.1 Å². The van der Waals surface area contributed by atoms with E-state index in [9.17, 15) is 14.9 Å². The van der Waals surface area contributed by atoms with Crippen LogP contribution in [0.2, 0.25) is 0 Å². The van der Waals surface area contributed by atoms with Crippen LogP contribution in [0.1, 0.15) is 39.8 Å². The Labute approximate surface area is 141 Å². The van der Waals surface area contributed by atoms with Gasteiger partial charge >= 0.3 is 11.8 Å². The minimum absolute atomic E-state index is 0.120. The van der Waals surface area contributed by atoms with Crippen molar-refractivity contribution in [2.45, 2.75) is 45.8 Å². The minimum atomic E-state index is -0.570. The summed E-state index contributed by atoms with van der Waals surface area (Å²) in [6.45, 7) is 10.9. The van der Waals surface area contributed by atoms with Crippen LogP contribution in [0.25, 0.3) is 6.08 Å². The summed E-state index contributed by atoms with van der Waals surface area (Å²) in [4.78, 5) is 26.0. The molecule has 1 unspecified atom stereocenters. The number of hydrogen-bond acceptors (Lipinski definition) is 6. The molecule has 1 atom stereocenters. The number of carbonyl (C=O) groups excluding carboxylic acids is 1. The van der Waals surface area contributed by atoms with Crippen LogP contribution in [-0.4, -0.2) is 34.3 Å². The first-order valence-corrected chi connectivity index (χ1v) is 7.51. The van der Waals surface area contributed by atoms with Crippen LogP contribution < -0.4 is 10.1 Å². The molecular weight excluding hydrogens is 314 g/mol. The van der Waals surface area contributed by atoms with Gasteiger partial charge in [-0.25, -0.2) is 9.78 Å². The van der Waals surface area contributed by atoms with Gasteiger partial charge in [0.1, 0.15) is 11.8 Å². The number of hydrogen-bond donors (Lipinski definition) is 1. The van der Waals surface area contributed by atoms with E-state index in [-0.39, 0.29) is 24.1 Å². The molecule has 0 aliphatic carbocycles. The van der Waals surface area contributed by atoms with Gasteiger partial charge in [0.05, 0.1) is 17.2 Å². The lowest BCUT2D eigenvalue weighted by Gasteiger charge is -2.22. The second kappa shape index (κ2) is 8.28. The van der Waals surface area contributed by atoms with Crippen molar-refractivity contribution in [3.05, 3.63) is 34.7 Å². The molecule has 1 N–H and O–H groups in total. The molecule has 24 heavy (non-hydrogen) atoms. The molecule has 1 aromatic heterocycles. The number of pyridine rings is 1. The molecule has 0 aliphatic rings. The van der Waals surface area contributed by atoms with Gasteiger partial charge in [0.15, 0.2) is 0 Å². The molecule has 0 aromatic carbocycles. The molecule has 1 aromatic rings. The van der Waals surface area contributed by atoms with Gasteiger partial charge in [0.25, 0.3) is 0 Å². The third-order valence-corrected chi connectivity index (χ3v) is 2.84. The van der Waals surface area contributed by atoms with Gasteiger partial charge in [0.2, 0.25) is 5.75 Å². The molecule has 8 nitrogen and oxygen atoms in total. The predicted octanol–water partition coefficient (Wildman–Crippen LogP) is 3.31. The fraction of sp³-hybridized carbons (Fsp3) is 0.500. The lowest BCUT2D eigenvalue weighted by atomic mass is 10.2. The highest BCUT2D eigenvalue weighted by Crippen LogP contribution is 2.26. The lowest BCUT2D eigenvalue weighted by Crippen LogP contribution is -2.38. The van der Waals surface area contributed by atoms with Gasteiger partial charge in [-0.05, 0) is 33.8 Å². The Hall–Kier alpha value is -2.64. The molecular formula is C16H23N3O5. The van der Waals surface area contributed by atoms with E-state index in [1.54, 1.807) is 27.7 Å². The SMILES string of the molecule is C=Cc1cc(OCCC(C)NC(=O)OC(C)(C)C)c([N+](=O)[O-])cn1. The summed E-state index contributed by atoms with van der Waals surface area (Å²) >= 11 is 0. The fourth-order valence-corrected chi connectivity index (χ4v) is 1.74. The number of alkyl carbamates (subject to hydrolysis) is 1. The summed E-state index contributed by atoms with van der Waals surface area (Å²) < 4.78 is 10.6. The van der Waals surface area contributed by atoms with E-state index in [2.05, 4.69) is 16.9 Å². The molecule has 0 aliphatic heterocycles. The van der Waals surface area contributed by atoms with Crippen molar-refractivity contribution < 1.29 is 19.2 Å². The minimum Gasteiger partial charge on any atom is -0.487 e. The highest BCUT2D eigenvalue weighted by molar-refractivity contribution is 5.68. The molecule has 0 saturated heterocycles. The Balaban J connectivity index is 2.56. The maximum Gasteiger partial charge on any atom is 0.407 e. The van der Waals surface area contributed by atoms with E-state index in [0.29, 0.717) is 12.1 Å². The summed E-state index contributed by atoms with van der Waals surface area (Å²) in [7, 11) is 0. The second-order valence-electron chi connectivity index (χ2n) is 6.22. The summed E-state index contributed by atoms with van der Waals surface area (Å²) in [6, 6.07) is 1.25. The second-order valence-corrected chi connectivity index (χ2v) is 6.22. The maximum atomic E-state index is 11.6. The Kier molecular flexibility index (Phi) is 6.69. The number of nitro groups is 1. The molecule has 0 bridgehead atoms. The van der Waals surface area contributed by atoms with Crippen LogP contribution in [-0.2, 0) is 4.74 Å². The first kappa shape index (κ1) is 19.4. The van der Waals surface area contributed by atoms with E-state index >= 15 is 0 Å². The highest BCUT2D eigenvalue weighted by atomic mass is 16.6. The quantitative estimate of drug-likeness (QED) is 0.604. The first-order chi connectivity index (χ1) is 11.1. The third-order valence-electron chi connectivity index (χ3n) is 2.84. The van der Waals surface area contributed by atoms with Crippen LogP contribution in [0.4, 0.5) is 10.5 Å². The summed E-state index contributed by atoms with van der Waals surface area (Å²) in [6.07, 6.45) is 2.55. The van der Waals surface area contributed by atoms with Crippen LogP contribution in [0.3, 0.4) is 0 Å². The van der Waals surface area contributed by atoms with E-state index in [4.69, 9.17) is 9.47 Å². The summed E-state index contributed by atoms with van der Waals surface area (Å²) in [5.41, 5.74) is -0.303. The Morgan fingerprint density at radius 2 is 2.21 bits per heavy atom. The number of aromatic nitrogens is 1. The van der Waals surface area contributed by atoms with Crippen molar-refractivity contribution in [1.29, 1.82) is 0 Å². The zero-order chi connectivity index (χ0) is 18.3. The molecule has 1 heterocycles. The highest BCUT2D eigenvalue weighted by Gasteiger charge is 2.19. The number of ether oxygens (including phenoxy) is 2. The predicted molar refractivity (Wildman–Crippen MR) is 89.9 cm³/mol. The third kappa shape index (κ3) is 6.64. The van der Waals surface area contributed by atoms with Crippen molar-refractivity contribution in [3.63, 3.8) is 0 Å². The Bertz CT molecular complexity index is 610. The van der Waals surface area contributed by atoms with Crippen molar-refractivity contribution in [2.24, 2.45) is 0 Å². The molecule has 0 saturated carbocycles. The lowest BCUT2D eigenvalue weighted by molar-refractivity contribution is -0.386. The van der Waals surface area contributed by atoms with Crippen LogP contribution in [0.15, 0.2) is 18.8 Å². The number of amides is 1. The number of rotatable bonds is 7. The van der Waals surface area contributed by atoms with Crippen molar-refractivity contribution in [3.8, 4) is 5.75 Å². The standard InChI is InChI=1S/C16H23N3O5/c1-6-12-9-14(13(10-17-12)19(21)22)23-8-7-11(2)18-15(20)24-16(3,4)5/h6,9-11H,1,7-8H2,2-5H3,(H,18,20).